The van der Waals surface area contributed by atoms with Crippen LogP contribution in [-0.2, 0) is 17.8 Å². The molecule has 3 heterocycles. The summed E-state index contributed by atoms with van der Waals surface area (Å²) in [4.78, 5) is 4.47. The highest BCUT2D eigenvalue weighted by atomic mass is 19.1. The summed E-state index contributed by atoms with van der Waals surface area (Å²) in [5, 5.41) is 4.91. The van der Waals surface area contributed by atoms with E-state index in [2.05, 4.69) is 11.9 Å². The van der Waals surface area contributed by atoms with Gasteiger partial charge in [-0.1, -0.05) is 0 Å². The van der Waals surface area contributed by atoms with Crippen molar-refractivity contribution in [2.75, 3.05) is 6.61 Å². The van der Waals surface area contributed by atoms with Gasteiger partial charge < -0.3 is 9.47 Å². The molecule has 0 N–H and O–H groups in total. The van der Waals surface area contributed by atoms with Gasteiger partial charge in [-0.05, 0) is 52.0 Å². The summed E-state index contributed by atoms with van der Waals surface area (Å²) in [6.45, 7) is 8.76. The molecule has 4 rings (SSSR count). The fourth-order valence-corrected chi connectivity index (χ4v) is 3.71. The molecule has 0 spiro atoms. The van der Waals surface area contributed by atoms with E-state index < -0.39 is 0 Å². The average molecular weight is 381 g/mol. The third kappa shape index (κ3) is 3.40. The Balaban J connectivity index is 1.89. The first-order valence-electron chi connectivity index (χ1n) is 9.57. The highest BCUT2D eigenvalue weighted by Crippen LogP contribution is 2.34. The molecule has 0 unspecified atom stereocenters. The molecule has 0 saturated carbocycles. The molecule has 0 amide bonds. The molecular weight excluding hydrogens is 357 g/mol. The van der Waals surface area contributed by atoms with Crippen LogP contribution in [0.4, 0.5) is 4.39 Å². The zero-order chi connectivity index (χ0) is 19.8. The van der Waals surface area contributed by atoms with Crippen molar-refractivity contribution in [3.63, 3.8) is 0 Å². The highest BCUT2D eigenvalue weighted by molar-refractivity contribution is 5.66. The maximum Gasteiger partial charge on any atom is 0.165 e. The maximum atomic E-state index is 14.1. The topological polar surface area (TPSA) is 49.2 Å². The number of halogens is 1. The molecule has 1 aliphatic rings. The molecule has 5 nitrogen and oxygen atoms in total. The summed E-state index contributed by atoms with van der Waals surface area (Å²) in [7, 11) is 0. The van der Waals surface area contributed by atoms with Crippen LogP contribution in [0, 0.1) is 19.7 Å². The molecule has 3 aromatic rings. The summed E-state index contributed by atoms with van der Waals surface area (Å²) in [5.41, 5.74) is 6.75. The first-order chi connectivity index (χ1) is 13.5. The van der Waals surface area contributed by atoms with Crippen LogP contribution in [0.1, 0.15) is 36.5 Å². The first kappa shape index (κ1) is 18.6. The van der Waals surface area contributed by atoms with Gasteiger partial charge in [0.1, 0.15) is 0 Å². The van der Waals surface area contributed by atoms with Crippen LogP contribution in [0.15, 0.2) is 30.3 Å². The normalized spacial score (nSPS) is 16.1. The quantitative estimate of drug-likeness (QED) is 0.665. The summed E-state index contributed by atoms with van der Waals surface area (Å²) >= 11 is 0. The second-order valence-corrected chi connectivity index (χ2v) is 7.20. The van der Waals surface area contributed by atoms with Crippen molar-refractivity contribution in [1.29, 1.82) is 0 Å². The zero-order valence-electron chi connectivity index (χ0n) is 16.6. The maximum absolute atomic E-state index is 14.1. The van der Waals surface area contributed by atoms with E-state index in [1.165, 1.54) is 6.07 Å². The van der Waals surface area contributed by atoms with E-state index in [9.17, 15) is 4.39 Å². The largest absolute Gasteiger partial charge is 0.491 e. The van der Waals surface area contributed by atoms with E-state index in [-0.39, 0.29) is 17.7 Å². The van der Waals surface area contributed by atoms with Gasteiger partial charge in [-0.25, -0.2) is 9.07 Å². The molecule has 2 aromatic heterocycles. The molecular formula is C22H24FN3O2. The van der Waals surface area contributed by atoms with Crippen LogP contribution < -0.4 is 4.74 Å². The van der Waals surface area contributed by atoms with Crippen LogP contribution in [0.3, 0.4) is 0 Å². The van der Waals surface area contributed by atoms with Gasteiger partial charge in [0, 0.05) is 35.0 Å². The second-order valence-electron chi connectivity index (χ2n) is 7.20. The summed E-state index contributed by atoms with van der Waals surface area (Å²) in [6.07, 6.45) is 0.843. The summed E-state index contributed by atoms with van der Waals surface area (Å²) in [5.74, 6) is -0.134. The molecule has 6 heteroatoms. The van der Waals surface area contributed by atoms with Gasteiger partial charge in [-0.15, -0.1) is 0 Å². The van der Waals surface area contributed by atoms with Crippen molar-refractivity contribution >= 4 is 0 Å². The number of aryl methyl sites for hydroxylation is 2. The molecule has 0 saturated heterocycles. The number of rotatable bonds is 4. The van der Waals surface area contributed by atoms with Crippen LogP contribution in [0.5, 0.6) is 5.75 Å². The van der Waals surface area contributed by atoms with E-state index in [1.54, 1.807) is 12.1 Å². The number of nitrogens with zero attached hydrogens (tertiary/aromatic N) is 3. The lowest BCUT2D eigenvalue weighted by atomic mass is 10.0. The zero-order valence-corrected chi connectivity index (χ0v) is 16.6. The number of pyridine rings is 1. The standard InChI is InChI=1S/C22H24FN3O2/c1-5-27-21-11-17(6-7-19(21)23)26-20-10-15(4)28-12-18(20)22(25-26)16-8-13(2)24-14(3)9-16/h6-9,11,15H,5,10,12H2,1-4H3/t15-/m0/s1. The van der Waals surface area contributed by atoms with Gasteiger partial charge in [-0.3, -0.25) is 4.98 Å². The third-order valence-electron chi connectivity index (χ3n) is 4.90. The fraction of sp³-hybridized carbons (Fsp3) is 0.364. The molecule has 0 aliphatic carbocycles. The van der Waals surface area contributed by atoms with E-state index in [0.29, 0.717) is 13.2 Å². The minimum atomic E-state index is -0.371. The smallest absolute Gasteiger partial charge is 0.165 e. The van der Waals surface area contributed by atoms with Gasteiger partial charge in [0.2, 0.25) is 0 Å². The monoisotopic (exact) mass is 381 g/mol. The van der Waals surface area contributed by atoms with Gasteiger partial charge in [-0.2, -0.15) is 5.10 Å². The van der Waals surface area contributed by atoms with Gasteiger partial charge in [0.15, 0.2) is 11.6 Å². The van der Waals surface area contributed by atoms with E-state index in [0.717, 1.165) is 46.0 Å². The SMILES string of the molecule is CCOc1cc(-n2nc(-c3cc(C)nc(C)c3)c3c2C[C@H](C)OC3)ccc1F. The van der Waals surface area contributed by atoms with Crippen molar-refractivity contribution in [3.8, 4) is 22.7 Å². The number of ether oxygens (including phenoxy) is 2. The van der Waals surface area contributed by atoms with Crippen molar-refractivity contribution in [1.82, 2.24) is 14.8 Å². The van der Waals surface area contributed by atoms with Gasteiger partial charge >= 0.3 is 0 Å². The van der Waals surface area contributed by atoms with Crippen LogP contribution >= 0.6 is 0 Å². The van der Waals surface area contributed by atoms with Crippen LogP contribution in [-0.4, -0.2) is 27.5 Å². The number of hydrogen-bond acceptors (Lipinski definition) is 4. The van der Waals surface area contributed by atoms with Crippen molar-refractivity contribution in [2.45, 2.75) is 46.8 Å². The lowest BCUT2D eigenvalue weighted by Crippen LogP contribution is -2.21. The Morgan fingerprint density at radius 1 is 1.21 bits per heavy atom. The minimum Gasteiger partial charge on any atom is -0.491 e. The van der Waals surface area contributed by atoms with Crippen molar-refractivity contribution in [3.05, 3.63) is 58.8 Å². The Bertz CT molecular complexity index is 1010. The van der Waals surface area contributed by atoms with Gasteiger partial charge in [0.05, 0.1) is 36.4 Å². The number of fused-ring (bicyclic) bond motifs is 1. The molecule has 1 aromatic carbocycles. The fourth-order valence-electron chi connectivity index (χ4n) is 3.71. The predicted octanol–water partition coefficient (Wildman–Crippen LogP) is 4.55. The molecule has 1 aliphatic heterocycles. The van der Waals surface area contributed by atoms with Crippen molar-refractivity contribution < 1.29 is 13.9 Å². The second kappa shape index (κ2) is 7.36. The first-order valence-corrected chi connectivity index (χ1v) is 9.57. The lowest BCUT2D eigenvalue weighted by Gasteiger charge is -2.21. The molecule has 146 valence electrons. The van der Waals surface area contributed by atoms with E-state index in [1.807, 2.05) is 37.6 Å². The Morgan fingerprint density at radius 2 is 1.96 bits per heavy atom. The Labute approximate surface area is 164 Å². The Hall–Kier alpha value is -2.73. The summed E-state index contributed by atoms with van der Waals surface area (Å²) in [6, 6.07) is 8.94. The predicted molar refractivity (Wildman–Crippen MR) is 105 cm³/mol. The molecule has 28 heavy (non-hydrogen) atoms. The van der Waals surface area contributed by atoms with Crippen LogP contribution in [0.2, 0.25) is 0 Å². The molecule has 0 fully saturated rings. The average Bonchev–Trinajstić information content (AvgIpc) is 3.01. The molecule has 1 atom stereocenters. The highest BCUT2D eigenvalue weighted by Gasteiger charge is 2.26. The number of benzene rings is 1. The molecule has 0 radical (unpaired) electrons. The Morgan fingerprint density at radius 3 is 2.68 bits per heavy atom. The Kier molecular flexibility index (Phi) is 4.89. The lowest BCUT2D eigenvalue weighted by molar-refractivity contribution is 0.0401. The number of hydrogen-bond donors (Lipinski definition) is 0. The van der Waals surface area contributed by atoms with Crippen LogP contribution in [0.25, 0.3) is 16.9 Å². The number of aromatic nitrogens is 3. The minimum absolute atomic E-state index is 0.100. The third-order valence-corrected chi connectivity index (χ3v) is 4.90. The van der Waals surface area contributed by atoms with Gasteiger partial charge in [0.25, 0.3) is 0 Å². The molecule has 0 bridgehead atoms. The van der Waals surface area contributed by atoms with E-state index in [4.69, 9.17) is 14.6 Å². The van der Waals surface area contributed by atoms with Crippen molar-refractivity contribution in [2.24, 2.45) is 0 Å². The van der Waals surface area contributed by atoms with E-state index >= 15 is 0 Å². The summed E-state index contributed by atoms with van der Waals surface area (Å²) < 4.78 is 27.3.